The molecular weight excluding hydrogens is 963 g/mol. The number of carbonyl (C=O) groups is 5. The summed E-state index contributed by atoms with van der Waals surface area (Å²) >= 11 is 7.30. The highest BCUT2D eigenvalue weighted by Gasteiger charge is 2.56. The molecule has 2 amide bonds. The summed E-state index contributed by atoms with van der Waals surface area (Å²) in [6, 6.07) is 7.65. The van der Waals surface area contributed by atoms with Gasteiger partial charge >= 0.3 is 43.7 Å². The van der Waals surface area contributed by atoms with Crippen molar-refractivity contribution in [1.29, 1.82) is 0 Å². The van der Waals surface area contributed by atoms with Crippen molar-refractivity contribution >= 4 is 59.7 Å². The number of carbonyl (C=O) groups excluding carboxylic acids is 5. The second kappa shape index (κ2) is 19.9. The van der Waals surface area contributed by atoms with E-state index in [0.29, 0.717) is 29.7 Å². The van der Waals surface area contributed by atoms with Gasteiger partial charge in [0.2, 0.25) is 0 Å². The van der Waals surface area contributed by atoms with Gasteiger partial charge in [-0.2, -0.15) is 26.3 Å². The number of alkyl halides is 6. The number of unbranched alkanes of at least 4 members (excludes halogenated alkanes) is 2. The van der Waals surface area contributed by atoms with E-state index in [1.807, 2.05) is 6.07 Å². The lowest BCUT2D eigenvalue weighted by molar-refractivity contribution is -0.173. The molecule has 2 N–H and O–H groups in total. The molecule has 0 saturated carbocycles. The number of nitrogens with one attached hydrogen (secondary N) is 2. The average Bonchev–Trinajstić information content (AvgIpc) is 3.57. The predicted molar refractivity (Wildman–Crippen MR) is 238 cm³/mol. The van der Waals surface area contributed by atoms with Gasteiger partial charge in [0.15, 0.2) is 17.1 Å². The van der Waals surface area contributed by atoms with Gasteiger partial charge in [0, 0.05) is 60.5 Å². The third-order valence-corrected chi connectivity index (χ3v) is 14.5. The number of nitrogens with zero attached hydrogens (tertiary/aromatic N) is 1. The monoisotopic (exact) mass is 1010 g/mol. The number of ketones is 1. The van der Waals surface area contributed by atoms with Gasteiger partial charge < -0.3 is 43.6 Å². The van der Waals surface area contributed by atoms with Gasteiger partial charge in [-0.3, -0.25) is 18.9 Å². The lowest BCUT2D eigenvalue weighted by Crippen LogP contribution is -2.38. The molecule has 0 bridgehead atoms. The standard InChI is InChI=1S/C47H51ClF6N3O11P/c1-26(58)13-14-28-24-34-39(35(48)37(28)67-43(62)44(2,3)4)66-38-31-12-10-20-57-19-9-11-27(36(31)57)23-33(38)45(34)32-25-29(15-16-30(32)40(59)68-45)69(63,64-21-7-5-17-55-41(60)46(49,50)51)65-22-8-6-18-56-42(61)47(52,53)54/h15-16,23-25H,5-14,17-22H2,1-4H3,(H,55,60)(H,56,61). The van der Waals surface area contributed by atoms with Crippen molar-refractivity contribution in [2.24, 2.45) is 5.41 Å². The van der Waals surface area contributed by atoms with E-state index in [2.05, 4.69) is 4.90 Å². The molecule has 1 unspecified atom stereocenters. The van der Waals surface area contributed by atoms with Crippen LogP contribution in [0.5, 0.6) is 17.2 Å². The number of amides is 2. The van der Waals surface area contributed by atoms with E-state index in [0.717, 1.165) is 42.7 Å². The van der Waals surface area contributed by atoms with Gasteiger partial charge in [0.05, 0.1) is 29.5 Å². The van der Waals surface area contributed by atoms with Crippen LogP contribution in [0.25, 0.3) is 0 Å². The number of hydrogen-bond donors (Lipinski definition) is 2. The summed E-state index contributed by atoms with van der Waals surface area (Å²) in [5, 5.41) is 3.26. The zero-order valence-electron chi connectivity index (χ0n) is 38.2. The maximum Gasteiger partial charge on any atom is 0.471 e. The molecule has 0 fully saturated rings. The van der Waals surface area contributed by atoms with E-state index in [-0.39, 0.29) is 96.0 Å². The minimum Gasteiger partial charge on any atom is -0.454 e. The summed E-state index contributed by atoms with van der Waals surface area (Å²) in [4.78, 5) is 65.2. The van der Waals surface area contributed by atoms with Crippen molar-refractivity contribution in [3.05, 3.63) is 74.3 Å². The second-order valence-electron chi connectivity index (χ2n) is 18.3. The molecule has 22 heteroatoms. The van der Waals surface area contributed by atoms with Crippen molar-refractivity contribution in [3.8, 4) is 17.2 Å². The first kappa shape index (κ1) is 51.7. The van der Waals surface area contributed by atoms with Crippen molar-refractivity contribution in [2.75, 3.05) is 44.3 Å². The molecule has 0 aliphatic carbocycles. The lowest BCUT2D eigenvalue weighted by Gasteiger charge is -2.43. The van der Waals surface area contributed by atoms with Crippen LogP contribution in [-0.4, -0.2) is 81.3 Å². The molecular formula is C47H51ClF6N3O11P. The number of rotatable bonds is 17. The number of Topliss-reactive ketones (excluding diaryl/α,β-unsaturated/α-hetero) is 1. The topological polar surface area (TPSA) is 176 Å². The molecule has 0 radical (unpaired) electrons. The fraction of sp³-hybridized carbons (Fsp3) is 0.511. The Hall–Kier alpha value is -5.17. The van der Waals surface area contributed by atoms with Crippen LogP contribution in [-0.2, 0) is 62.4 Å². The zero-order chi connectivity index (χ0) is 50.3. The van der Waals surface area contributed by atoms with E-state index < -0.39 is 67.8 Å². The number of aryl methyl sites for hydroxylation is 2. The molecule has 0 aromatic heterocycles. The molecule has 4 aliphatic heterocycles. The number of hydrogen-bond acceptors (Lipinski definition) is 12. The van der Waals surface area contributed by atoms with Crippen LogP contribution in [0.2, 0.25) is 5.02 Å². The molecule has 1 spiro atoms. The normalized spacial score (nSPS) is 17.3. The Morgan fingerprint density at radius 1 is 0.826 bits per heavy atom. The molecule has 4 heterocycles. The number of ether oxygens (including phenoxy) is 3. The maximum absolute atomic E-state index is 15.1. The predicted octanol–water partition coefficient (Wildman–Crippen LogP) is 8.85. The van der Waals surface area contributed by atoms with Gasteiger partial charge in [-0.1, -0.05) is 11.6 Å². The minimum absolute atomic E-state index is 0.00597. The van der Waals surface area contributed by atoms with Gasteiger partial charge in [-0.05, 0) is 127 Å². The van der Waals surface area contributed by atoms with E-state index in [1.165, 1.54) is 25.1 Å². The molecule has 3 aromatic rings. The molecule has 3 aromatic carbocycles. The summed E-state index contributed by atoms with van der Waals surface area (Å²) in [5.74, 6) is -5.59. The number of halogens is 7. The molecule has 1 atom stereocenters. The van der Waals surface area contributed by atoms with E-state index in [1.54, 1.807) is 37.5 Å². The second-order valence-corrected chi connectivity index (χ2v) is 20.7. The average molecular weight is 1010 g/mol. The SMILES string of the molecule is CC(=O)CCc1cc2c(c(Cl)c1OC(=O)C(C)(C)C)Oc1c(cc3c4c1CCCN4CCC3)C21OC(=O)c2ccc(P(=O)(OCCCCNC(=O)C(F)(F)F)OCCCCNC(=O)C(F)(F)F)cc21. The number of anilines is 1. The van der Waals surface area contributed by atoms with Crippen molar-refractivity contribution < 1.29 is 78.1 Å². The molecule has 14 nitrogen and oxygen atoms in total. The number of fused-ring (bicyclic) bond motifs is 7. The maximum atomic E-state index is 15.1. The number of benzene rings is 3. The summed E-state index contributed by atoms with van der Waals surface area (Å²) in [6.07, 6.45) is -7.40. The van der Waals surface area contributed by atoms with Crippen molar-refractivity contribution in [3.63, 3.8) is 0 Å². The van der Waals surface area contributed by atoms with E-state index in [4.69, 9.17) is 34.9 Å². The first-order valence-electron chi connectivity index (χ1n) is 22.5. The van der Waals surface area contributed by atoms with Gasteiger partial charge in [0.1, 0.15) is 16.6 Å². The van der Waals surface area contributed by atoms with E-state index in [9.17, 15) is 50.3 Å². The summed E-state index contributed by atoms with van der Waals surface area (Å²) in [6.45, 7) is 6.46. The summed E-state index contributed by atoms with van der Waals surface area (Å²) in [5.41, 5.74) is 1.05. The van der Waals surface area contributed by atoms with Crippen LogP contribution in [0, 0.1) is 5.41 Å². The third-order valence-electron chi connectivity index (χ3n) is 12.2. The van der Waals surface area contributed by atoms with Gasteiger partial charge in [-0.15, -0.1) is 0 Å². The fourth-order valence-corrected chi connectivity index (χ4v) is 10.7. The van der Waals surface area contributed by atoms with Crippen molar-refractivity contribution in [2.45, 2.75) is 110 Å². The molecule has 7 rings (SSSR count). The van der Waals surface area contributed by atoms with Crippen LogP contribution in [0.3, 0.4) is 0 Å². The largest absolute Gasteiger partial charge is 0.471 e. The zero-order valence-corrected chi connectivity index (χ0v) is 39.9. The lowest BCUT2D eigenvalue weighted by atomic mass is 9.74. The van der Waals surface area contributed by atoms with Crippen LogP contribution < -0.4 is 30.3 Å². The highest BCUT2D eigenvalue weighted by molar-refractivity contribution is 7.62. The Kier molecular flexibility index (Phi) is 14.9. The smallest absolute Gasteiger partial charge is 0.454 e. The van der Waals surface area contributed by atoms with Crippen LogP contribution in [0.15, 0.2) is 30.3 Å². The Labute approximate surface area is 398 Å². The quantitative estimate of drug-likeness (QED) is 0.0433. The van der Waals surface area contributed by atoms with E-state index >= 15 is 4.57 Å². The highest BCUT2D eigenvalue weighted by Crippen LogP contribution is 2.62. The Balaban J connectivity index is 1.35. The van der Waals surface area contributed by atoms with Crippen molar-refractivity contribution in [1.82, 2.24) is 10.6 Å². The Morgan fingerprint density at radius 2 is 1.42 bits per heavy atom. The molecule has 4 aliphatic rings. The molecule has 374 valence electrons. The van der Waals surface area contributed by atoms with Gasteiger partial charge in [0.25, 0.3) is 0 Å². The Bertz CT molecular complexity index is 2570. The first-order chi connectivity index (χ1) is 32.4. The summed E-state index contributed by atoms with van der Waals surface area (Å²) in [7, 11) is -4.52. The molecule has 69 heavy (non-hydrogen) atoms. The van der Waals surface area contributed by atoms with Crippen LogP contribution >= 0.6 is 19.2 Å². The minimum atomic E-state index is -5.10. The molecule has 0 saturated heterocycles. The third kappa shape index (κ3) is 10.6. The van der Waals surface area contributed by atoms with Crippen LogP contribution in [0.1, 0.15) is 116 Å². The van der Waals surface area contributed by atoms with Gasteiger partial charge in [-0.25, -0.2) is 4.79 Å². The van der Waals surface area contributed by atoms with Crippen LogP contribution in [0.4, 0.5) is 32.0 Å². The summed E-state index contributed by atoms with van der Waals surface area (Å²) < 4.78 is 123. The first-order valence-corrected chi connectivity index (χ1v) is 24.5. The Morgan fingerprint density at radius 3 is 2.00 bits per heavy atom. The highest BCUT2D eigenvalue weighted by atomic mass is 35.5. The number of esters is 2. The fourth-order valence-electron chi connectivity index (χ4n) is 8.77.